The van der Waals surface area contributed by atoms with Crippen LogP contribution >= 0.6 is 0 Å². The van der Waals surface area contributed by atoms with Crippen molar-refractivity contribution in [2.75, 3.05) is 125 Å². The van der Waals surface area contributed by atoms with E-state index < -0.39 is 101 Å². The van der Waals surface area contributed by atoms with Crippen molar-refractivity contribution in [2.45, 2.75) is 208 Å². The lowest BCUT2D eigenvalue weighted by atomic mass is 10.4. The van der Waals surface area contributed by atoms with E-state index in [1.165, 1.54) is 18.1 Å². The number of allylic oxidation sites excluding steroid dienone is 1. The van der Waals surface area contributed by atoms with Crippen LogP contribution in [0.5, 0.6) is 0 Å². The van der Waals surface area contributed by atoms with E-state index >= 15 is 0 Å². The number of rotatable bonds is 48. The van der Waals surface area contributed by atoms with Crippen LogP contribution in [0.1, 0.15) is 0 Å². The molecule has 0 bridgehead atoms. The molecular weight excluding hydrogens is 1540 g/mol. The third-order valence-electron chi connectivity index (χ3n) is 18.5. The first-order valence-corrected chi connectivity index (χ1v) is 78.7. The zero-order valence-electron chi connectivity index (χ0n) is 79.3. The first-order valence-electron chi connectivity index (χ1n) is 40.5. The summed E-state index contributed by atoms with van der Waals surface area (Å²) >= 11 is 0. The summed E-state index contributed by atoms with van der Waals surface area (Å²) in [6, 6.07) is 4.22. The molecule has 23 heteroatoms. The topological polar surface area (TPSA) is 35.6 Å². The molecular formula is C87H189N11Si12. The average molecular weight is 1730 g/mol. The van der Waals surface area contributed by atoms with Crippen LogP contribution in [-0.4, -0.2) is 275 Å². The molecule has 0 N–H and O–H groups in total. The molecule has 0 saturated carbocycles. The molecule has 0 aromatic rings. The molecule has 1 fully saturated rings. The highest BCUT2D eigenvalue weighted by atomic mass is 28.5. The predicted octanol–water partition coefficient (Wildman–Crippen LogP) is 23.0. The summed E-state index contributed by atoms with van der Waals surface area (Å²) in [4.78, 5) is 4.25. The van der Waals surface area contributed by atoms with E-state index in [0.717, 1.165) is 111 Å². The third kappa shape index (κ3) is 59.2. The van der Waals surface area contributed by atoms with Crippen molar-refractivity contribution in [3.05, 3.63) is 228 Å². The SMILES string of the molecule is C=CCN(C)C.C=CCN(CC=C)CC=C.C=CCN(CC=C)[Si](C)(C)C.C=CCN(CC=C)[Si](C)(C)N(CC=C)CC=C.C=CCN(CC=C)[Si](C)(C)N(CC=C)CC=C.C=CCN([SiH](C)C)[SiH](C)C.C=CCN([Si](C)(C)C)[Si](C)(C)C.C=CCN1[Si](C)(C)CC[Si]1(C)C.C=CC[Si](C)(C)N([Si](C)(C)C)[Si](C)(C)C. The lowest BCUT2D eigenvalue weighted by molar-refractivity contribution is 0.373. The molecule has 0 spiro atoms. The van der Waals surface area contributed by atoms with Crippen LogP contribution in [0.2, 0.25) is 208 Å². The van der Waals surface area contributed by atoms with E-state index in [0.29, 0.717) is 0 Å². The molecule has 0 aliphatic carbocycles. The molecule has 0 unspecified atom stereocenters. The van der Waals surface area contributed by atoms with Crippen molar-refractivity contribution in [3.8, 4) is 0 Å². The summed E-state index contributed by atoms with van der Waals surface area (Å²) in [5, 5.41) is 0. The van der Waals surface area contributed by atoms with Gasteiger partial charge in [-0.25, -0.2) is 0 Å². The Kier molecular flexibility index (Phi) is 73.3. The van der Waals surface area contributed by atoms with Gasteiger partial charge in [-0.2, -0.15) is 0 Å². The maximum atomic E-state index is 3.93. The van der Waals surface area contributed by atoms with Gasteiger partial charge in [0, 0.05) is 111 Å². The van der Waals surface area contributed by atoms with Gasteiger partial charge in [-0.05, 0) is 58.4 Å². The Morgan fingerprint density at radius 2 is 0.527 bits per heavy atom. The van der Waals surface area contributed by atoms with Gasteiger partial charge in [0.2, 0.25) is 16.8 Å². The van der Waals surface area contributed by atoms with Gasteiger partial charge in [0.05, 0.1) is 17.9 Å². The Balaban J connectivity index is -0.000000179. The second kappa shape index (κ2) is 65.5. The fourth-order valence-corrected chi connectivity index (χ4v) is 74.1. The lowest BCUT2D eigenvalue weighted by Gasteiger charge is -2.52. The van der Waals surface area contributed by atoms with Crippen molar-refractivity contribution in [1.82, 2.24) is 49.2 Å². The number of hydrogen-bond donors (Lipinski definition) is 0. The Morgan fingerprint density at radius 3 is 0.673 bits per heavy atom. The monoisotopic (exact) mass is 1720 g/mol. The van der Waals surface area contributed by atoms with E-state index in [9.17, 15) is 0 Å². The van der Waals surface area contributed by atoms with Crippen LogP contribution < -0.4 is 0 Å². The number of nitrogens with zero attached hydrogens (tertiary/aromatic N) is 11. The molecule has 0 atom stereocenters. The second-order valence-corrected chi connectivity index (χ2v) is 91.8. The summed E-state index contributed by atoms with van der Waals surface area (Å²) < 4.78 is 23.5. The minimum atomic E-state index is -1.66. The minimum Gasteiger partial charge on any atom is -0.368 e. The van der Waals surface area contributed by atoms with Crippen molar-refractivity contribution in [3.63, 3.8) is 0 Å². The molecule has 11 nitrogen and oxygen atoms in total. The number of hydrogen-bond acceptors (Lipinski definition) is 11. The van der Waals surface area contributed by atoms with Crippen LogP contribution in [-0.2, 0) is 0 Å². The van der Waals surface area contributed by atoms with E-state index in [1.807, 2.05) is 111 Å². The van der Waals surface area contributed by atoms with E-state index in [1.54, 1.807) is 0 Å². The van der Waals surface area contributed by atoms with Gasteiger partial charge in [-0.1, -0.05) is 273 Å². The van der Waals surface area contributed by atoms with Crippen molar-refractivity contribution < 1.29 is 0 Å². The van der Waals surface area contributed by atoms with Crippen LogP contribution in [0.25, 0.3) is 0 Å². The van der Waals surface area contributed by atoms with Gasteiger partial charge in [-0.3, -0.25) is 4.90 Å². The molecule has 1 aliphatic rings. The van der Waals surface area contributed by atoms with Gasteiger partial charge < -0.3 is 44.3 Å². The third-order valence-corrected chi connectivity index (χ3v) is 69.9. The van der Waals surface area contributed by atoms with Gasteiger partial charge in [0.15, 0.2) is 0 Å². The fraction of sp³-hybridized carbons (Fsp3) is 0.586. The number of likely N-dealkylation sites (N-methyl/N-ethyl adjacent to an activating group) is 1. The summed E-state index contributed by atoms with van der Waals surface area (Å²) in [5.41, 5.74) is 0. The first kappa shape index (κ1) is 123. The molecule has 110 heavy (non-hydrogen) atoms. The smallest absolute Gasteiger partial charge is 0.201 e. The quantitative estimate of drug-likeness (QED) is 0.0432. The summed E-state index contributed by atoms with van der Waals surface area (Å²) in [6.45, 7) is 155. The summed E-state index contributed by atoms with van der Waals surface area (Å²) in [6.07, 6.45) is 35.4. The van der Waals surface area contributed by atoms with Crippen LogP contribution in [0.3, 0.4) is 0 Å². The van der Waals surface area contributed by atoms with Gasteiger partial charge in [0.25, 0.3) is 0 Å². The zero-order valence-corrected chi connectivity index (χ0v) is 91.6. The van der Waals surface area contributed by atoms with Gasteiger partial charge >= 0.3 is 0 Å². The average Bonchev–Trinajstić information content (AvgIpc) is 1.15. The standard InChI is InChI=1S/2C14H26N2Si.C11H29NSi3.C9H21NSi2.C9H23NSi2.C9H19NSi.C9H15N.C7H19NSi2.C5H11N/c2*1-7-11-15(12-8-2)17(5,6)16(13-9-3)14-10-4;1-10-11-15(8,9)12(13(2,3)4)14(5,6)7;1-6-7-10-11(2,3)8-9-12(10,4)5;1-8-9-10(11(2,3)4)12(5,6)7;1-6-8-10(9-7-2)11(3,4)5;1-4-7-10(8-5-2)9-6-3;1-6-7-8(9(2)3)10(4)5;1-4-5-6(2)3/h2*7-10H,1-4,11-14H2,5-6H3;10H,1,11H2,2-9H3;6H,1,7-9H2,2-5H3;8H,1,9H2,2-7H3;6-7H,1-2,8-9H2,3-5H3;4-6H,1-3,7-9H2;6,9-10H,1,7H2,2-5H3;4H,1,5H2,2-3H3. The molecule has 0 amide bonds. The predicted molar refractivity (Wildman–Crippen MR) is 555 cm³/mol. The van der Waals surface area contributed by atoms with Gasteiger partial charge in [0.1, 0.15) is 65.9 Å². The largest absolute Gasteiger partial charge is 0.368 e. The van der Waals surface area contributed by atoms with E-state index in [4.69, 9.17) is 0 Å². The Labute approximate surface area is 705 Å². The van der Waals surface area contributed by atoms with Crippen LogP contribution in [0.15, 0.2) is 228 Å². The molecule has 0 aromatic carbocycles. The summed E-state index contributed by atoms with van der Waals surface area (Å²) in [5.74, 6) is 0. The molecule has 1 saturated heterocycles. The normalized spacial score (nSPS) is 13.6. The van der Waals surface area contributed by atoms with Crippen molar-refractivity contribution >= 4 is 101 Å². The Hall–Kier alpha value is -2.52. The van der Waals surface area contributed by atoms with Gasteiger partial charge in [-0.15, -0.1) is 118 Å². The molecule has 1 heterocycles. The molecule has 0 aromatic heterocycles. The van der Waals surface area contributed by atoms with E-state index in [2.05, 4.69) is 370 Å². The highest BCUT2D eigenvalue weighted by Gasteiger charge is 2.47. The van der Waals surface area contributed by atoms with Crippen molar-refractivity contribution in [1.29, 1.82) is 0 Å². The zero-order chi connectivity index (χ0) is 88.4. The Bertz CT molecular complexity index is 2330. The lowest BCUT2D eigenvalue weighted by Crippen LogP contribution is -2.69. The van der Waals surface area contributed by atoms with Crippen LogP contribution in [0.4, 0.5) is 0 Å². The molecule has 1 aliphatic heterocycles. The van der Waals surface area contributed by atoms with Crippen molar-refractivity contribution in [2.24, 2.45) is 0 Å². The molecule has 1 rings (SSSR count). The molecule has 0 radical (unpaired) electrons. The maximum absolute atomic E-state index is 3.93. The van der Waals surface area contributed by atoms with E-state index in [-0.39, 0.29) is 0 Å². The first-order chi connectivity index (χ1) is 50.3. The van der Waals surface area contributed by atoms with Crippen LogP contribution in [0, 0.1) is 0 Å². The minimum absolute atomic E-state index is 0.537. The second-order valence-electron chi connectivity index (χ2n) is 36.6. The summed E-state index contributed by atoms with van der Waals surface area (Å²) in [7, 11) is -9.39. The fourth-order valence-electron chi connectivity index (χ4n) is 14.1. The molecule has 640 valence electrons. The highest BCUT2D eigenvalue weighted by molar-refractivity contribution is 7.04. The maximum Gasteiger partial charge on any atom is 0.201 e. The Morgan fingerprint density at radius 1 is 0.291 bits per heavy atom. The highest BCUT2D eigenvalue weighted by Crippen LogP contribution is 2.36.